The molecule has 0 spiro atoms. The van der Waals surface area contributed by atoms with E-state index in [0.29, 0.717) is 21.3 Å². The highest BCUT2D eigenvalue weighted by Gasteiger charge is 2.12. The van der Waals surface area contributed by atoms with E-state index in [4.69, 9.17) is 28.9 Å². The summed E-state index contributed by atoms with van der Waals surface area (Å²) in [4.78, 5) is 18.9. The van der Waals surface area contributed by atoms with Gasteiger partial charge in [0.25, 0.3) is 5.91 Å². The molecule has 0 saturated heterocycles. The van der Waals surface area contributed by atoms with Crippen LogP contribution in [0.25, 0.3) is 11.3 Å². The van der Waals surface area contributed by atoms with Gasteiger partial charge in [0, 0.05) is 27.4 Å². The molecule has 1 aromatic heterocycles. The number of carbonyl (C=O) groups excluding carboxylic acids is 1. The Hall–Kier alpha value is -2.57. The van der Waals surface area contributed by atoms with Crippen molar-refractivity contribution in [2.45, 2.75) is 0 Å². The maximum Gasteiger partial charge on any atom is 0.255 e. The number of carbonyl (C=O) groups is 1. The smallest absolute Gasteiger partial charge is 0.255 e. The van der Waals surface area contributed by atoms with Crippen LogP contribution in [0.5, 0.6) is 0 Å². The first-order valence-corrected chi connectivity index (χ1v) is 7.56. The van der Waals surface area contributed by atoms with Gasteiger partial charge in [0.15, 0.2) is 5.95 Å². The average Bonchev–Trinajstić information content (AvgIpc) is 2.95. The lowest BCUT2D eigenvalue weighted by atomic mass is 10.1. The van der Waals surface area contributed by atoms with Crippen molar-refractivity contribution in [1.82, 2.24) is 9.97 Å². The van der Waals surface area contributed by atoms with Gasteiger partial charge in [-0.1, -0.05) is 29.3 Å². The highest BCUT2D eigenvalue weighted by atomic mass is 35.5. The average molecular weight is 365 g/mol. The number of amides is 1. The molecule has 2 aromatic carbocycles. The van der Waals surface area contributed by atoms with Crippen LogP contribution in [0.15, 0.2) is 42.6 Å². The molecule has 1 amide bonds. The largest absolute Gasteiger partial charge is 0.369 e. The molecule has 3 rings (SSSR count). The summed E-state index contributed by atoms with van der Waals surface area (Å²) in [7, 11) is 0. The van der Waals surface area contributed by atoms with E-state index in [1.807, 2.05) is 0 Å². The summed E-state index contributed by atoms with van der Waals surface area (Å²) in [6, 6.07) is 8.73. The van der Waals surface area contributed by atoms with Crippen LogP contribution in [0.2, 0.25) is 10.0 Å². The molecule has 8 heteroatoms. The number of aromatic nitrogens is 2. The number of hydrogen-bond acceptors (Lipinski definition) is 3. The van der Waals surface area contributed by atoms with E-state index in [9.17, 15) is 9.18 Å². The highest BCUT2D eigenvalue weighted by molar-refractivity contribution is 6.35. The fourth-order valence-electron chi connectivity index (χ4n) is 2.14. The summed E-state index contributed by atoms with van der Waals surface area (Å²) in [5.41, 5.74) is 6.80. The lowest BCUT2D eigenvalue weighted by Crippen LogP contribution is -2.13. The monoisotopic (exact) mass is 364 g/mol. The number of nitrogens with two attached hydrogens (primary N) is 1. The second kappa shape index (κ2) is 6.51. The second-order valence-corrected chi connectivity index (χ2v) is 5.85. The Morgan fingerprint density at radius 1 is 1.17 bits per heavy atom. The molecule has 5 nitrogen and oxygen atoms in total. The summed E-state index contributed by atoms with van der Waals surface area (Å²) in [5, 5.41) is 3.12. The first-order chi connectivity index (χ1) is 11.4. The molecule has 122 valence electrons. The van der Waals surface area contributed by atoms with Gasteiger partial charge in [0.2, 0.25) is 0 Å². The van der Waals surface area contributed by atoms with Gasteiger partial charge < -0.3 is 16.0 Å². The third-order valence-corrected chi connectivity index (χ3v) is 3.67. The molecule has 0 aliphatic rings. The number of nitrogens with one attached hydrogen (secondary N) is 2. The van der Waals surface area contributed by atoms with Crippen molar-refractivity contribution in [3.63, 3.8) is 0 Å². The Morgan fingerprint density at radius 3 is 2.46 bits per heavy atom. The second-order valence-electron chi connectivity index (χ2n) is 4.98. The van der Waals surface area contributed by atoms with E-state index in [1.165, 1.54) is 30.3 Å². The standard InChI is InChI=1S/C16H11Cl2FN4O/c17-10-3-9(4-11(18)6-10)15(24)22-13-2-1-8(5-12(13)19)14-7-21-16(20)23-14/h1-7H,(H,22,24)(H3,20,21,23). The topological polar surface area (TPSA) is 83.8 Å². The summed E-state index contributed by atoms with van der Waals surface area (Å²) < 4.78 is 14.2. The maximum absolute atomic E-state index is 14.2. The van der Waals surface area contributed by atoms with Crippen LogP contribution >= 0.6 is 23.2 Å². The molecular formula is C16H11Cl2FN4O. The summed E-state index contributed by atoms with van der Waals surface area (Å²) in [6.07, 6.45) is 1.57. The highest BCUT2D eigenvalue weighted by Crippen LogP contribution is 2.25. The van der Waals surface area contributed by atoms with Crippen LogP contribution in [0.3, 0.4) is 0 Å². The number of halogens is 3. The molecule has 0 atom stereocenters. The molecule has 0 saturated carbocycles. The Labute approximate surface area is 146 Å². The zero-order valence-corrected chi connectivity index (χ0v) is 13.6. The minimum atomic E-state index is -0.601. The van der Waals surface area contributed by atoms with Crippen LogP contribution in [0.1, 0.15) is 10.4 Å². The summed E-state index contributed by atoms with van der Waals surface area (Å²) in [6.45, 7) is 0. The molecular weight excluding hydrogens is 354 g/mol. The van der Waals surface area contributed by atoms with Gasteiger partial charge in [0.05, 0.1) is 11.4 Å². The van der Waals surface area contributed by atoms with Gasteiger partial charge in [-0.2, -0.15) is 0 Å². The van der Waals surface area contributed by atoms with Crippen molar-refractivity contribution in [1.29, 1.82) is 0 Å². The summed E-state index contributed by atoms with van der Waals surface area (Å²) >= 11 is 11.7. The van der Waals surface area contributed by atoms with Gasteiger partial charge in [-0.15, -0.1) is 0 Å². The fraction of sp³-hybridized carbons (Fsp3) is 0. The van der Waals surface area contributed by atoms with E-state index in [1.54, 1.807) is 12.3 Å². The number of imidazole rings is 1. The predicted molar refractivity (Wildman–Crippen MR) is 92.8 cm³/mol. The van der Waals surface area contributed by atoms with Crippen LogP contribution in [-0.2, 0) is 0 Å². The van der Waals surface area contributed by atoms with Crippen molar-refractivity contribution < 1.29 is 9.18 Å². The van der Waals surface area contributed by atoms with Gasteiger partial charge in [-0.05, 0) is 30.3 Å². The van der Waals surface area contributed by atoms with Crippen molar-refractivity contribution in [2.24, 2.45) is 0 Å². The molecule has 0 aliphatic heterocycles. The number of hydrogen-bond donors (Lipinski definition) is 3. The Balaban J connectivity index is 1.84. The predicted octanol–water partition coefficient (Wildman–Crippen LogP) is 4.36. The first-order valence-electron chi connectivity index (χ1n) is 6.80. The molecule has 0 aliphatic carbocycles. The normalized spacial score (nSPS) is 10.6. The number of rotatable bonds is 3. The van der Waals surface area contributed by atoms with E-state index in [0.717, 1.165) is 0 Å². The molecule has 24 heavy (non-hydrogen) atoms. The molecule has 0 fully saturated rings. The number of nitrogens with zero attached hydrogens (tertiary/aromatic N) is 1. The van der Waals surface area contributed by atoms with Crippen LogP contribution in [0.4, 0.5) is 16.0 Å². The van der Waals surface area contributed by atoms with Gasteiger partial charge >= 0.3 is 0 Å². The lowest BCUT2D eigenvalue weighted by Gasteiger charge is -2.08. The molecule has 1 heterocycles. The van der Waals surface area contributed by atoms with Crippen LogP contribution in [-0.4, -0.2) is 15.9 Å². The van der Waals surface area contributed by atoms with E-state index in [-0.39, 0.29) is 17.2 Å². The van der Waals surface area contributed by atoms with Gasteiger partial charge in [-0.3, -0.25) is 4.79 Å². The van der Waals surface area contributed by atoms with E-state index >= 15 is 0 Å². The number of nitrogen functional groups attached to an aromatic ring is 1. The third-order valence-electron chi connectivity index (χ3n) is 3.24. The SMILES string of the molecule is Nc1nc(-c2ccc(NC(=O)c3cc(Cl)cc(Cl)c3)c(F)c2)c[nH]1. The van der Waals surface area contributed by atoms with E-state index in [2.05, 4.69) is 15.3 Å². The van der Waals surface area contributed by atoms with Crippen molar-refractivity contribution >= 4 is 40.7 Å². The molecule has 0 radical (unpaired) electrons. The van der Waals surface area contributed by atoms with Crippen molar-refractivity contribution in [2.75, 3.05) is 11.1 Å². The zero-order chi connectivity index (χ0) is 17.3. The quantitative estimate of drug-likeness (QED) is 0.645. The van der Waals surface area contributed by atoms with Crippen molar-refractivity contribution in [3.05, 3.63) is 64.0 Å². The zero-order valence-electron chi connectivity index (χ0n) is 12.1. The Morgan fingerprint density at radius 2 is 1.88 bits per heavy atom. The lowest BCUT2D eigenvalue weighted by molar-refractivity contribution is 0.102. The minimum Gasteiger partial charge on any atom is -0.369 e. The molecule has 0 bridgehead atoms. The number of aromatic amines is 1. The van der Waals surface area contributed by atoms with Crippen LogP contribution < -0.4 is 11.1 Å². The number of H-pyrrole nitrogens is 1. The third kappa shape index (κ3) is 3.50. The Kier molecular flexibility index (Phi) is 4.42. The summed E-state index contributed by atoms with van der Waals surface area (Å²) in [5.74, 6) is -0.883. The van der Waals surface area contributed by atoms with Crippen LogP contribution in [0, 0.1) is 5.82 Å². The van der Waals surface area contributed by atoms with E-state index < -0.39 is 11.7 Å². The fourth-order valence-corrected chi connectivity index (χ4v) is 2.67. The molecule has 3 aromatic rings. The maximum atomic E-state index is 14.2. The molecule has 4 N–H and O–H groups in total. The Bertz CT molecular complexity index is 906. The number of anilines is 2. The first kappa shape index (κ1) is 16.3. The van der Waals surface area contributed by atoms with Gasteiger partial charge in [0.1, 0.15) is 5.82 Å². The molecule has 0 unspecified atom stereocenters. The number of benzene rings is 2. The van der Waals surface area contributed by atoms with Gasteiger partial charge in [-0.25, -0.2) is 9.37 Å². The van der Waals surface area contributed by atoms with Crippen molar-refractivity contribution in [3.8, 4) is 11.3 Å². The minimum absolute atomic E-state index is 0.0309.